The van der Waals surface area contributed by atoms with E-state index in [2.05, 4.69) is 10.3 Å². The fraction of sp³-hybridized carbons (Fsp3) is 0.0952. The third-order valence-corrected chi connectivity index (χ3v) is 5.54. The molecule has 2 N–H and O–H groups in total. The van der Waals surface area contributed by atoms with Crippen molar-refractivity contribution in [1.82, 2.24) is 4.98 Å². The van der Waals surface area contributed by atoms with Crippen molar-refractivity contribution < 1.29 is 14.6 Å². The molecule has 30 heavy (non-hydrogen) atoms. The molecule has 1 heterocycles. The lowest BCUT2D eigenvalue weighted by Gasteiger charge is -2.05. The zero-order valence-corrected chi connectivity index (χ0v) is 18.0. The van der Waals surface area contributed by atoms with Crippen LogP contribution in [0.1, 0.15) is 16.0 Å². The Morgan fingerprint density at radius 3 is 2.87 bits per heavy atom. The highest BCUT2D eigenvalue weighted by Gasteiger charge is 2.13. The number of thiazole rings is 1. The maximum absolute atomic E-state index is 12.5. The van der Waals surface area contributed by atoms with E-state index in [1.54, 1.807) is 30.5 Å². The molecule has 0 aliphatic carbocycles. The first kappa shape index (κ1) is 21.7. The Bertz CT molecular complexity index is 1170. The summed E-state index contributed by atoms with van der Waals surface area (Å²) in [5.74, 6) is -0.385. The monoisotopic (exact) mass is 459 g/mol. The van der Waals surface area contributed by atoms with E-state index in [1.807, 2.05) is 6.07 Å². The van der Waals surface area contributed by atoms with Crippen LogP contribution in [0.15, 0.2) is 48.2 Å². The van der Waals surface area contributed by atoms with Gasteiger partial charge in [-0.1, -0.05) is 29.3 Å². The SMILES string of the molecule is COc1cc(C=C(C#N)C(=O)Nc2ncc(Cc3cc(Cl)ccc3Cl)s2)ccc1O. The number of ether oxygens (including phenoxy) is 1. The summed E-state index contributed by atoms with van der Waals surface area (Å²) in [6.07, 6.45) is 3.55. The molecule has 0 unspecified atom stereocenters. The molecule has 3 aromatic rings. The first-order chi connectivity index (χ1) is 14.4. The molecule has 1 amide bonds. The molecule has 0 bridgehead atoms. The predicted octanol–water partition coefficient (Wildman–Crippen LogP) is 5.30. The molecule has 3 rings (SSSR count). The van der Waals surface area contributed by atoms with Crippen molar-refractivity contribution >= 4 is 51.7 Å². The summed E-state index contributed by atoms with van der Waals surface area (Å²) in [4.78, 5) is 17.5. The number of anilines is 1. The van der Waals surface area contributed by atoms with Gasteiger partial charge in [0.2, 0.25) is 0 Å². The molecule has 152 valence electrons. The van der Waals surface area contributed by atoms with Gasteiger partial charge in [0.05, 0.1) is 7.11 Å². The highest BCUT2D eigenvalue weighted by molar-refractivity contribution is 7.15. The van der Waals surface area contributed by atoms with Crippen molar-refractivity contribution in [1.29, 1.82) is 5.26 Å². The lowest BCUT2D eigenvalue weighted by molar-refractivity contribution is -0.112. The number of hydrogen-bond donors (Lipinski definition) is 2. The number of nitrogens with one attached hydrogen (secondary N) is 1. The van der Waals surface area contributed by atoms with Gasteiger partial charge < -0.3 is 9.84 Å². The minimum absolute atomic E-state index is 0.0345. The molecular formula is C21H15Cl2N3O3S. The van der Waals surface area contributed by atoms with E-state index in [0.717, 1.165) is 10.4 Å². The number of halogens is 2. The van der Waals surface area contributed by atoms with Gasteiger partial charge >= 0.3 is 0 Å². The number of nitriles is 1. The number of hydrogen-bond acceptors (Lipinski definition) is 6. The molecule has 9 heteroatoms. The minimum Gasteiger partial charge on any atom is -0.504 e. The van der Waals surface area contributed by atoms with Gasteiger partial charge in [0.25, 0.3) is 5.91 Å². The summed E-state index contributed by atoms with van der Waals surface area (Å²) in [6, 6.07) is 11.6. The molecule has 1 aromatic heterocycles. The van der Waals surface area contributed by atoms with E-state index in [0.29, 0.717) is 27.2 Å². The van der Waals surface area contributed by atoms with Gasteiger partial charge in [-0.3, -0.25) is 10.1 Å². The zero-order valence-electron chi connectivity index (χ0n) is 15.6. The predicted molar refractivity (Wildman–Crippen MR) is 118 cm³/mol. The van der Waals surface area contributed by atoms with Crippen molar-refractivity contribution in [3.05, 3.63) is 74.2 Å². The first-order valence-corrected chi connectivity index (χ1v) is 10.2. The van der Waals surface area contributed by atoms with Crippen LogP contribution in [0.4, 0.5) is 5.13 Å². The average molecular weight is 460 g/mol. The van der Waals surface area contributed by atoms with E-state index in [1.165, 1.54) is 36.7 Å². The van der Waals surface area contributed by atoms with Crippen LogP contribution in [-0.2, 0) is 11.2 Å². The fourth-order valence-electron chi connectivity index (χ4n) is 2.58. The quantitative estimate of drug-likeness (QED) is 0.385. The van der Waals surface area contributed by atoms with Gasteiger partial charge in [-0.15, -0.1) is 11.3 Å². The number of rotatable bonds is 6. The summed E-state index contributed by atoms with van der Waals surface area (Å²) in [6.45, 7) is 0. The third kappa shape index (κ3) is 5.30. The van der Waals surface area contributed by atoms with Crippen LogP contribution in [0.3, 0.4) is 0 Å². The maximum Gasteiger partial charge on any atom is 0.268 e. The number of amides is 1. The fourth-order valence-corrected chi connectivity index (χ4v) is 3.79. The number of aromatic nitrogens is 1. The van der Waals surface area contributed by atoms with Crippen LogP contribution in [-0.4, -0.2) is 23.1 Å². The number of nitrogens with zero attached hydrogens (tertiary/aromatic N) is 2. The third-order valence-electron chi connectivity index (χ3n) is 4.03. The summed E-state index contributed by atoms with van der Waals surface area (Å²) >= 11 is 13.5. The Hall–Kier alpha value is -3.05. The van der Waals surface area contributed by atoms with Crippen LogP contribution in [0.5, 0.6) is 11.5 Å². The molecule has 6 nitrogen and oxygen atoms in total. The highest BCUT2D eigenvalue weighted by atomic mass is 35.5. The van der Waals surface area contributed by atoms with Crippen molar-refractivity contribution in [2.45, 2.75) is 6.42 Å². The van der Waals surface area contributed by atoms with E-state index in [9.17, 15) is 15.2 Å². The van der Waals surface area contributed by atoms with Crippen LogP contribution in [0.25, 0.3) is 6.08 Å². The molecule has 0 aliphatic heterocycles. The Kier molecular flexibility index (Phi) is 6.95. The Balaban J connectivity index is 1.73. The van der Waals surface area contributed by atoms with E-state index >= 15 is 0 Å². The molecule has 0 saturated carbocycles. The normalized spacial score (nSPS) is 11.1. The van der Waals surface area contributed by atoms with Gasteiger partial charge in [-0.25, -0.2) is 4.98 Å². The van der Waals surface area contributed by atoms with Crippen molar-refractivity contribution in [2.75, 3.05) is 12.4 Å². The van der Waals surface area contributed by atoms with Gasteiger partial charge in [-0.2, -0.15) is 5.26 Å². The number of carbonyl (C=O) groups excluding carboxylic acids is 1. The molecule has 0 aliphatic rings. The lowest BCUT2D eigenvalue weighted by atomic mass is 10.1. The van der Waals surface area contributed by atoms with Gasteiger partial charge in [-0.05, 0) is 47.5 Å². The minimum atomic E-state index is -0.591. The van der Waals surface area contributed by atoms with Crippen molar-refractivity contribution in [3.8, 4) is 17.6 Å². The van der Waals surface area contributed by atoms with Gasteiger partial charge in [0.1, 0.15) is 11.6 Å². The van der Waals surface area contributed by atoms with E-state index < -0.39 is 5.91 Å². The zero-order chi connectivity index (χ0) is 21.7. The summed E-state index contributed by atoms with van der Waals surface area (Å²) in [7, 11) is 1.41. The Labute approximate surface area is 187 Å². The second-order valence-electron chi connectivity index (χ2n) is 6.10. The maximum atomic E-state index is 12.5. The van der Waals surface area contributed by atoms with Gasteiger partial charge in [0.15, 0.2) is 16.6 Å². The molecule has 0 saturated heterocycles. The topological polar surface area (TPSA) is 95.2 Å². The summed E-state index contributed by atoms with van der Waals surface area (Å²) in [5, 5.41) is 23.2. The number of methoxy groups -OCH3 is 1. The van der Waals surface area contributed by atoms with Crippen LogP contribution < -0.4 is 10.1 Å². The molecule has 2 aromatic carbocycles. The molecule has 0 spiro atoms. The average Bonchev–Trinajstić information content (AvgIpc) is 3.16. The summed E-state index contributed by atoms with van der Waals surface area (Å²) in [5.41, 5.74) is 1.27. The second-order valence-corrected chi connectivity index (χ2v) is 8.06. The number of aromatic hydroxyl groups is 1. The number of carbonyl (C=O) groups is 1. The molecule has 0 atom stereocenters. The number of phenolic OH excluding ortho intramolecular Hbond substituents is 1. The van der Waals surface area contributed by atoms with Crippen LogP contribution >= 0.6 is 34.5 Å². The van der Waals surface area contributed by atoms with Crippen molar-refractivity contribution in [3.63, 3.8) is 0 Å². The molecular weight excluding hydrogens is 445 g/mol. The number of phenols is 1. The molecule has 0 fully saturated rings. The van der Waals surface area contributed by atoms with E-state index in [-0.39, 0.29) is 17.1 Å². The Morgan fingerprint density at radius 2 is 2.13 bits per heavy atom. The number of benzene rings is 2. The first-order valence-electron chi connectivity index (χ1n) is 8.58. The second kappa shape index (κ2) is 9.63. The molecule has 0 radical (unpaired) electrons. The highest BCUT2D eigenvalue weighted by Crippen LogP contribution is 2.28. The lowest BCUT2D eigenvalue weighted by Crippen LogP contribution is -2.13. The smallest absolute Gasteiger partial charge is 0.268 e. The van der Waals surface area contributed by atoms with Crippen LogP contribution in [0, 0.1) is 11.3 Å². The largest absolute Gasteiger partial charge is 0.504 e. The van der Waals surface area contributed by atoms with E-state index in [4.69, 9.17) is 27.9 Å². The van der Waals surface area contributed by atoms with Gasteiger partial charge in [0, 0.05) is 27.5 Å². The van der Waals surface area contributed by atoms with Crippen molar-refractivity contribution in [2.24, 2.45) is 0 Å². The van der Waals surface area contributed by atoms with Crippen LogP contribution in [0.2, 0.25) is 10.0 Å². The Morgan fingerprint density at radius 1 is 1.33 bits per heavy atom. The standard InChI is InChI=1S/C21H15Cl2N3O3S/c1-29-19-7-12(2-5-18(19)27)6-14(10-24)20(28)26-21-25-11-16(30-21)9-13-8-15(22)3-4-17(13)23/h2-8,11,27H,9H2,1H3,(H,25,26,28). The summed E-state index contributed by atoms with van der Waals surface area (Å²) < 4.78 is 5.04.